The van der Waals surface area contributed by atoms with Crippen LogP contribution in [0.3, 0.4) is 0 Å². The second-order valence-corrected chi connectivity index (χ2v) is 2.95. The standard InChI is InChI=1S/C12H15N/c1-3-11(2)9-13-10-12-7-5-4-6-8-12/h3-8,13H,1-2,9-10H2. The third-order valence-corrected chi connectivity index (χ3v) is 1.81. The van der Waals surface area contributed by atoms with Gasteiger partial charge in [-0.15, -0.1) is 0 Å². The van der Waals surface area contributed by atoms with Gasteiger partial charge in [-0.25, -0.2) is 0 Å². The Hall–Kier alpha value is -1.34. The zero-order valence-corrected chi connectivity index (χ0v) is 7.79. The molecule has 0 unspecified atom stereocenters. The minimum atomic E-state index is 0.804. The third kappa shape index (κ3) is 3.72. The smallest absolute Gasteiger partial charge is 0.0208 e. The van der Waals surface area contributed by atoms with E-state index >= 15 is 0 Å². The van der Waals surface area contributed by atoms with E-state index in [2.05, 4.69) is 30.6 Å². The molecule has 0 bridgehead atoms. The SMILES string of the molecule is C=CC(=C)CNCc1ccccc1. The molecule has 13 heavy (non-hydrogen) atoms. The molecular weight excluding hydrogens is 158 g/mol. The van der Waals surface area contributed by atoms with Gasteiger partial charge in [0, 0.05) is 13.1 Å². The first-order valence-corrected chi connectivity index (χ1v) is 4.38. The molecule has 0 aromatic heterocycles. The maximum atomic E-state index is 3.82. The lowest BCUT2D eigenvalue weighted by molar-refractivity contribution is 0.748. The van der Waals surface area contributed by atoms with Gasteiger partial charge in [-0.1, -0.05) is 49.6 Å². The van der Waals surface area contributed by atoms with Crippen molar-refractivity contribution in [3.8, 4) is 0 Å². The maximum absolute atomic E-state index is 3.82. The summed E-state index contributed by atoms with van der Waals surface area (Å²) in [4.78, 5) is 0. The van der Waals surface area contributed by atoms with Crippen LogP contribution in [0, 0.1) is 0 Å². The number of rotatable bonds is 5. The van der Waals surface area contributed by atoms with E-state index in [-0.39, 0.29) is 0 Å². The zero-order valence-electron chi connectivity index (χ0n) is 7.79. The first-order valence-electron chi connectivity index (χ1n) is 4.38. The summed E-state index contributed by atoms with van der Waals surface area (Å²) in [7, 11) is 0. The average Bonchev–Trinajstić information content (AvgIpc) is 2.19. The van der Waals surface area contributed by atoms with Gasteiger partial charge < -0.3 is 5.32 Å². The van der Waals surface area contributed by atoms with Gasteiger partial charge in [0.05, 0.1) is 0 Å². The Morgan fingerprint density at radius 3 is 2.62 bits per heavy atom. The molecule has 0 radical (unpaired) electrons. The fraction of sp³-hybridized carbons (Fsp3) is 0.167. The summed E-state index contributed by atoms with van der Waals surface area (Å²) in [6, 6.07) is 10.3. The molecule has 1 nitrogen and oxygen atoms in total. The molecule has 1 N–H and O–H groups in total. The molecule has 0 atom stereocenters. The Kier molecular flexibility index (Phi) is 4.00. The Balaban J connectivity index is 2.28. The van der Waals surface area contributed by atoms with Crippen LogP contribution in [0.4, 0.5) is 0 Å². The molecule has 1 aromatic carbocycles. The van der Waals surface area contributed by atoms with Crippen LogP contribution in [-0.2, 0) is 6.54 Å². The van der Waals surface area contributed by atoms with Gasteiger partial charge in [0.1, 0.15) is 0 Å². The van der Waals surface area contributed by atoms with Crippen LogP contribution in [0.1, 0.15) is 5.56 Å². The number of hydrogen-bond donors (Lipinski definition) is 1. The van der Waals surface area contributed by atoms with Gasteiger partial charge in [0.25, 0.3) is 0 Å². The van der Waals surface area contributed by atoms with E-state index in [0.29, 0.717) is 0 Å². The van der Waals surface area contributed by atoms with Crippen molar-refractivity contribution >= 4 is 0 Å². The predicted octanol–water partition coefficient (Wildman–Crippen LogP) is 2.52. The molecule has 1 heteroatoms. The Morgan fingerprint density at radius 2 is 2.00 bits per heavy atom. The van der Waals surface area contributed by atoms with E-state index in [4.69, 9.17) is 0 Å². The van der Waals surface area contributed by atoms with Crippen molar-refractivity contribution in [3.63, 3.8) is 0 Å². The van der Waals surface area contributed by atoms with E-state index in [1.165, 1.54) is 5.56 Å². The highest BCUT2D eigenvalue weighted by Gasteiger charge is 1.90. The van der Waals surface area contributed by atoms with Crippen molar-refractivity contribution in [3.05, 3.63) is 60.7 Å². The van der Waals surface area contributed by atoms with Gasteiger partial charge in [-0.05, 0) is 11.1 Å². The van der Waals surface area contributed by atoms with Gasteiger partial charge in [-0.3, -0.25) is 0 Å². The summed E-state index contributed by atoms with van der Waals surface area (Å²) in [6.45, 7) is 9.16. The summed E-state index contributed by atoms with van der Waals surface area (Å²) in [5, 5.41) is 3.28. The van der Waals surface area contributed by atoms with Crippen LogP contribution >= 0.6 is 0 Å². The lowest BCUT2D eigenvalue weighted by Gasteiger charge is -2.03. The first kappa shape index (κ1) is 9.75. The Morgan fingerprint density at radius 1 is 1.31 bits per heavy atom. The predicted molar refractivity (Wildman–Crippen MR) is 57.5 cm³/mol. The third-order valence-electron chi connectivity index (χ3n) is 1.81. The Bertz CT molecular complexity index is 274. The minimum absolute atomic E-state index is 0.804. The first-order chi connectivity index (χ1) is 6.33. The monoisotopic (exact) mass is 173 g/mol. The van der Waals surface area contributed by atoms with E-state index in [1.54, 1.807) is 6.08 Å². The zero-order chi connectivity index (χ0) is 9.52. The summed E-state index contributed by atoms with van der Waals surface area (Å²) in [6.07, 6.45) is 1.78. The summed E-state index contributed by atoms with van der Waals surface area (Å²) in [5.41, 5.74) is 2.32. The van der Waals surface area contributed by atoms with E-state index in [9.17, 15) is 0 Å². The van der Waals surface area contributed by atoms with Crippen molar-refractivity contribution in [2.24, 2.45) is 0 Å². The van der Waals surface area contributed by atoms with Crippen molar-refractivity contribution in [2.45, 2.75) is 6.54 Å². The van der Waals surface area contributed by atoms with Crippen molar-refractivity contribution < 1.29 is 0 Å². The van der Waals surface area contributed by atoms with Crippen molar-refractivity contribution in [2.75, 3.05) is 6.54 Å². The highest BCUT2D eigenvalue weighted by molar-refractivity contribution is 5.16. The van der Waals surface area contributed by atoms with Crippen LogP contribution < -0.4 is 5.32 Å². The van der Waals surface area contributed by atoms with E-state index in [1.807, 2.05) is 18.2 Å². The molecule has 0 saturated heterocycles. The van der Waals surface area contributed by atoms with Crippen molar-refractivity contribution in [1.82, 2.24) is 5.32 Å². The van der Waals surface area contributed by atoms with Crippen LogP contribution in [0.15, 0.2) is 55.1 Å². The average molecular weight is 173 g/mol. The largest absolute Gasteiger partial charge is 0.309 e. The molecular formula is C12H15N. The molecule has 0 aliphatic heterocycles. The molecule has 68 valence electrons. The molecule has 0 aliphatic carbocycles. The molecule has 0 aliphatic rings. The normalized spacial score (nSPS) is 9.54. The Labute approximate surface area is 79.8 Å². The molecule has 0 fully saturated rings. The summed E-state index contributed by atoms with van der Waals surface area (Å²) >= 11 is 0. The molecule has 1 aromatic rings. The van der Waals surface area contributed by atoms with Crippen molar-refractivity contribution in [1.29, 1.82) is 0 Å². The summed E-state index contributed by atoms with van der Waals surface area (Å²) in [5.74, 6) is 0. The highest BCUT2D eigenvalue weighted by Crippen LogP contribution is 1.97. The molecule has 0 heterocycles. The van der Waals surface area contributed by atoms with Crippen LogP contribution in [0.2, 0.25) is 0 Å². The van der Waals surface area contributed by atoms with Gasteiger partial charge >= 0.3 is 0 Å². The molecule has 0 saturated carbocycles. The van der Waals surface area contributed by atoms with Gasteiger partial charge in [0.15, 0.2) is 0 Å². The quantitative estimate of drug-likeness (QED) is 0.675. The van der Waals surface area contributed by atoms with Gasteiger partial charge in [-0.2, -0.15) is 0 Å². The second-order valence-electron chi connectivity index (χ2n) is 2.95. The fourth-order valence-corrected chi connectivity index (χ4v) is 1.04. The highest BCUT2D eigenvalue weighted by atomic mass is 14.8. The maximum Gasteiger partial charge on any atom is 0.0208 e. The number of hydrogen-bond acceptors (Lipinski definition) is 1. The molecule has 0 spiro atoms. The van der Waals surface area contributed by atoms with Gasteiger partial charge in [0.2, 0.25) is 0 Å². The van der Waals surface area contributed by atoms with E-state index in [0.717, 1.165) is 18.7 Å². The van der Waals surface area contributed by atoms with Crippen LogP contribution in [0.5, 0.6) is 0 Å². The molecule has 1 rings (SSSR count). The second kappa shape index (κ2) is 5.33. The fourth-order valence-electron chi connectivity index (χ4n) is 1.04. The van der Waals surface area contributed by atoms with E-state index < -0.39 is 0 Å². The lowest BCUT2D eigenvalue weighted by atomic mass is 10.2. The number of benzene rings is 1. The molecule has 0 amide bonds. The van der Waals surface area contributed by atoms with Crippen LogP contribution in [-0.4, -0.2) is 6.54 Å². The topological polar surface area (TPSA) is 12.0 Å². The number of nitrogens with one attached hydrogen (secondary N) is 1. The van der Waals surface area contributed by atoms with Crippen LogP contribution in [0.25, 0.3) is 0 Å². The lowest BCUT2D eigenvalue weighted by Crippen LogP contribution is -2.15. The summed E-state index contributed by atoms with van der Waals surface area (Å²) < 4.78 is 0. The minimum Gasteiger partial charge on any atom is -0.309 e.